The lowest BCUT2D eigenvalue weighted by molar-refractivity contribution is -0.733. The quantitative estimate of drug-likeness (QED) is 0.188. The molecule has 232 valence electrons. The average molecular weight is 665 g/mol. The summed E-state index contributed by atoms with van der Waals surface area (Å²) in [7, 11) is -4.12. The van der Waals surface area contributed by atoms with E-state index in [2.05, 4.69) is 20.6 Å². The molecule has 4 aromatic rings. The van der Waals surface area contributed by atoms with E-state index in [1.165, 1.54) is 24.3 Å². The second-order valence-corrected chi connectivity index (χ2v) is 14.7. The lowest BCUT2D eigenvalue weighted by Gasteiger charge is -2.33. The highest BCUT2D eigenvalue weighted by Crippen LogP contribution is 2.39. The van der Waals surface area contributed by atoms with Gasteiger partial charge in [-0.25, -0.2) is 9.78 Å². The van der Waals surface area contributed by atoms with Crippen molar-refractivity contribution >= 4 is 44.8 Å². The summed E-state index contributed by atoms with van der Waals surface area (Å²) in [4.78, 5) is 22.8. The number of sulfonamides is 1. The summed E-state index contributed by atoms with van der Waals surface area (Å²) in [6, 6.07) is 15.0. The van der Waals surface area contributed by atoms with Gasteiger partial charge in [0.25, 0.3) is 0 Å². The molecule has 1 saturated heterocycles. The van der Waals surface area contributed by atoms with Crippen LogP contribution in [-0.2, 0) is 22.7 Å². The average Bonchev–Trinajstić information content (AvgIpc) is 3.62. The Morgan fingerprint density at radius 3 is 2.48 bits per heavy atom. The molecule has 2 unspecified atom stereocenters. The Morgan fingerprint density at radius 2 is 1.89 bits per heavy atom. The van der Waals surface area contributed by atoms with Crippen LogP contribution in [0.1, 0.15) is 49.6 Å². The van der Waals surface area contributed by atoms with Crippen molar-refractivity contribution in [3.05, 3.63) is 94.1 Å². The molecule has 0 saturated carbocycles. The number of urea groups is 1. The number of aromatic nitrogens is 2. The normalized spacial score (nSPS) is 19.5. The van der Waals surface area contributed by atoms with Gasteiger partial charge in [0.2, 0.25) is 0 Å². The molecule has 3 aromatic heterocycles. The van der Waals surface area contributed by atoms with Gasteiger partial charge in [0.05, 0.1) is 27.3 Å². The molecule has 3 atom stereocenters. The third-order valence-corrected chi connectivity index (χ3v) is 11.9. The molecular formula is C30H30ClF3N5O3S2+. The fourth-order valence-corrected chi connectivity index (χ4v) is 9.19. The van der Waals surface area contributed by atoms with Gasteiger partial charge in [-0.05, 0) is 67.9 Å². The number of amides is 2. The van der Waals surface area contributed by atoms with Crippen molar-refractivity contribution in [3.8, 4) is 11.3 Å². The topological polar surface area (TPSA) is 101 Å². The van der Waals surface area contributed by atoms with Gasteiger partial charge >= 0.3 is 22.2 Å². The smallest absolute Gasteiger partial charge is 0.362 e. The van der Waals surface area contributed by atoms with E-state index in [1.807, 2.05) is 19.1 Å². The van der Waals surface area contributed by atoms with Gasteiger partial charge in [-0.2, -0.15) is 21.6 Å². The number of likely N-dealkylation sites (tertiary alicyclic amines) is 1. The zero-order chi connectivity index (χ0) is 31.7. The molecule has 8 nitrogen and oxygen atoms in total. The number of hydrogen-bond acceptors (Lipinski definition) is 7. The number of benzene rings is 1. The van der Waals surface area contributed by atoms with E-state index in [0.717, 1.165) is 29.2 Å². The number of alkyl halides is 3. The summed E-state index contributed by atoms with van der Waals surface area (Å²) >= 11 is 6.95. The molecule has 4 heterocycles. The van der Waals surface area contributed by atoms with Crippen molar-refractivity contribution in [1.29, 1.82) is 0 Å². The van der Waals surface area contributed by atoms with Crippen LogP contribution >= 0.6 is 22.9 Å². The van der Waals surface area contributed by atoms with Gasteiger partial charge in [0.15, 0.2) is 4.21 Å². The fraction of sp³-hybridized carbons (Fsp3) is 0.300. The molecule has 5 rings (SSSR count). The van der Waals surface area contributed by atoms with Gasteiger partial charge in [-0.3, -0.25) is 4.98 Å². The highest BCUT2D eigenvalue weighted by atomic mass is 35.5. The molecule has 0 aliphatic carbocycles. The molecule has 0 bridgehead atoms. The number of hydrogen-bond donors (Lipinski definition) is 2. The molecule has 14 heteroatoms. The molecule has 2 N–H and O–H groups in total. The summed E-state index contributed by atoms with van der Waals surface area (Å²) in [5.41, 5.74) is 1.35. The fourth-order valence-electron chi connectivity index (χ4n) is 5.40. The Bertz CT molecular complexity index is 1750. The third kappa shape index (κ3) is 6.32. The van der Waals surface area contributed by atoms with Crippen LogP contribution < -0.4 is 10.6 Å². The van der Waals surface area contributed by atoms with E-state index in [1.54, 1.807) is 31.3 Å². The van der Waals surface area contributed by atoms with Gasteiger partial charge in [0, 0.05) is 31.1 Å². The Kier molecular flexibility index (Phi) is 9.04. The van der Waals surface area contributed by atoms with Crippen LogP contribution in [0, 0.1) is 0 Å². The summed E-state index contributed by atoms with van der Waals surface area (Å²) in [6.45, 7) is 3.71. The summed E-state index contributed by atoms with van der Waals surface area (Å²) < 4.78 is 66.8. The third-order valence-electron chi connectivity index (χ3n) is 7.73. The first-order valence-corrected chi connectivity index (χ1v) is 16.5. The van der Waals surface area contributed by atoms with Crippen molar-refractivity contribution in [3.63, 3.8) is 0 Å². The Balaban J connectivity index is 1.46. The summed E-state index contributed by atoms with van der Waals surface area (Å²) in [6.07, 6.45) is -1.71. The molecule has 0 radical (unpaired) electrons. The molecule has 1 aromatic carbocycles. The van der Waals surface area contributed by atoms with Crippen LogP contribution in [0.2, 0.25) is 4.34 Å². The number of rotatable bonds is 8. The Morgan fingerprint density at radius 1 is 1.14 bits per heavy atom. The van der Waals surface area contributed by atoms with E-state index in [4.69, 9.17) is 11.6 Å². The predicted molar refractivity (Wildman–Crippen MR) is 164 cm³/mol. The van der Waals surface area contributed by atoms with Crippen molar-refractivity contribution < 1.29 is 30.3 Å². The molecule has 1 aliphatic heterocycles. The largest absolute Gasteiger partial charge is 0.432 e. The Hall–Kier alpha value is -3.52. The molecule has 44 heavy (non-hydrogen) atoms. The summed E-state index contributed by atoms with van der Waals surface area (Å²) in [5, 5.41) is 6.10. The maximum Gasteiger partial charge on any atom is 0.432 e. The predicted octanol–water partition coefficient (Wildman–Crippen LogP) is 7.65. The second-order valence-electron chi connectivity index (χ2n) is 10.6. The van der Waals surface area contributed by atoms with Gasteiger partial charge in [0.1, 0.15) is 18.4 Å². The maximum atomic E-state index is 13.8. The Labute approximate surface area is 262 Å². The minimum Gasteiger partial charge on any atom is -0.362 e. The number of halogens is 4. The number of nitrogens with one attached hydrogen (secondary N) is 2. The number of anilines is 1. The van der Waals surface area contributed by atoms with Crippen LogP contribution in [0.15, 0.2) is 77.1 Å². The van der Waals surface area contributed by atoms with E-state index in [9.17, 15) is 26.4 Å². The SMILES string of the molecule is CC(Nc1cc(CNC(=O)[N+]2(S(=O)(=O)c3ccc(Cl)s3)CCC[C@H]2C)cc(-c2ccc(C(F)(F)F)cc2)n1)c1ccccn1. The van der Waals surface area contributed by atoms with E-state index >= 15 is 0 Å². The van der Waals surface area contributed by atoms with Crippen LogP contribution in [0.4, 0.5) is 23.8 Å². The summed E-state index contributed by atoms with van der Waals surface area (Å²) in [5.74, 6) is 0.407. The maximum absolute atomic E-state index is 13.8. The van der Waals surface area contributed by atoms with Gasteiger partial charge in [-0.15, -0.1) is 15.2 Å². The number of nitrogens with zero attached hydrogens (tertiary/aromatic N) is 3. The zero-order valence-electron chi connectivity index (χ0n) is 23.8. The van der Waals surface area contributed by atoms with Crippen LogP contribution in [-0.4, -0.2) is 40.9 Å². The molecule has 0 spiro atoms. The first kappa shape index (κ1) is 31.9. The van der Waals surface area contributed by atoms with Crippen molar-refractivity contribution in [1.82, 2.24) is 15.3 Å². The van der Waals surface area contributed by atoms with Gasteiger partial charge < -0.3 is 10.6 Å². The van der Waals surface area contributed by atoms with Crippen LogP contribution in [0.3, 0.4) is 0 Å². The number of carbonyl (C=O) groups excluding carboxylic acids is 1. The van der Waals surface area contributed by atoms with Crippen LogP contribution in [0.5, 0.6) is 0 Å². The van der Waals surface area contributed by atoms with Crippen molar-refractivity contribution in [2.75, 3.05) is 11.9 Å². The van der Waals surface area contributed by atoms with Crippen molar-refractivity contribution in [2.24, 2.45) is 0 Å². The number of thiophene rings is 1. The highest BCUT2D eigenvalue weighted by molar-refractivity contribution is 7.88. The first-order valence-electron chi connectivity index (χ1n) is 13.8. The number of quaternary nitrogens is 1. The van der Waals surface area contributed by atoms with Gasteiger partial charge in [-0.1, -0.05) is 29.8 Å². The van der Waals surface area contributed by atoms with E-state index in [0.29, 0.717) is 39.8 Å². The second kappa shape index (κ2) is 12.5. The lowest BCUT2D eigenvalue weighted by Crippen LogP contribution is -2.62. The van der Waals surface area contributed by atoms with E-state index < -0.39 is 37.7 Å². The number of carbonyl (C=O) groups is 1. The number of pyridine rings is 2. The molecule has 1 aliphatic rings. The monoisotopic (exact) mass is 664 g/mol. The standard InChI is InChI=1S/C30H29ClF3N5O3S2/c1-19-6-5-15-39(19,44(41,42)28-13-12-26(31)43-28)29(40)36-18-21-16-25(22-8-10-23(11-9-22)30(32,33)34)38-27(17-21)37-20(2)24-7-3-4-14-35-24/h3-4,7-14,16-17,19-20H,5-6,15,18H2,1-2H3,(H-,36,37,38,40)/p+1/t19-,20?,39?/m1/s1. The molecule has 2 amide bonds. The minimum absolute atomic E-state index is 0.0231. The van der Waals surface area contributed by atoms with Crippen molar-refractivity contribution in [2.45, 2.75) is 55.7 Å². The molecular weight excluding hydrogens is 635 g/mol. The minimum atomic E-state index is -4.48. The molecule has 1 fully saturated rings. The highest BCUT2D eigenvalue weighted by Gasteiger charge is 2.57. The lowest BCUT2D eigenvalue weighted by atomic mass is 10.1. The first-order chi connectivity index (χ1) is 20.8. The van der Waals surface area contributed by atoms with E-state index in [-0.39, 0.29) is 23.3 Å². The zero-order valence-corrected chi connectivity index (χ0v) is 26.2. The van der Waals surface area contributed by atoms with Crippen LogP contribution in [0.25, 0.3) is 11.3 Å².